The van der Waals surface area contributed by atoms with Crippen molar-refractivity contribution in [3.63, 3.8) is 0 Å². The fourth-order valence-electron chi connectivity index (χ4n) is 0.816. The van der Waals surface area contributed by atoms with Crippen LogP contribution < -0.4 is 0 Å². The highest BCUT2D eigenvalue weighted by Crippen LogP contribution is 2.25. The maximum atomic E-state index is 10.5. The number of halogens is 1. The zero-order valence-electron chi connectivity index (χ0n) is 7.57. The molecule has 0 aliphatic carbocycles. The first-order valence-corrected chi connectivity index (χ1v) is 4.05. The molecule has 0 spiro atoms. The van der Waals surface area contributed by atoms with Gasteiger partial charge in [0.1, 0.15) is 6.29 Å². The molecule has 0 saturated carbocycles. The Morgan fingerprint density at radius 2 is 1.91 bits per heavy atom. The van der Waals surface area contributed by atoms with Gasteiger partial charge in [-0.15, -0.1) is 0 Å². The number of hydrogen-bond acceptors (Lipinski definition) is 1. The van der Waals surface area contributed by atoms with Gasteiger partial charge < -0.3 is 0 Å². The normalized spacial score (nSPS) is 14.3. The van der Waals surface area contributed by atoms with E-state index >= 15 is 0 Å². The third-order valence-corrected chi connectivity index (χ3v) is 1.55. The summed E-state index contributed by atoms with van der Waals surface area (Å²) in [5.74, 6) is 0. The van der Waals surface area contributed by atoms with Gasteiger partial charge >= 0.3 is 0 Å². The minimum atomic E-state index is 0.131. The standard InChI is InChI=1S/C9H15ClO/c1-7(10)8(6-11)5-9(2,3)4/h6H,5H2,1-4H3/b8-7+. The van der Waals surface area contributed by atoms with Gasteiger partial charge in [0, 0.05) is 10.6 Å². The first-order valence-electron chi connectivity index (χ1n) is 3.67. The minimum Gasteiger partial charge on any atom is -0.298 e. The highest BCUT2D eigenvalue weighted by Gasteiger charge is 2.13. The number of aldehydes is 1. The molecule has 0 N–H and O–H groups in total. The van der Waals surface area contributed by atoms with Crippen LogP contribution in [-0.4, -0.2) is 6.29 Å². The van der Waals surface area contributed by atoms with Crippen LogP contribution in [0.3, 0.4) is 0 Å². The molecule has 2 heteroatoms. The molecule has 1 nitrogen and oxygen atoms in total. The Labute approximate surface area is 73.4 Å². The van der Waals surface area contributed by atoms with Crippen molar-refractivity contribution < 1.29 is 4.79 Å². The predicted molar refractivity (Wildman–Crippen MR) is 48.7 cm³/mol. The molecule has 0 amide bonds. The molecular formula is C9H15ClO. The minimum absolute atomic E-state index is 0.131. The molecule has 0 fully saturated rings. The van der Waals surface area contributed by atoms with Gasteiger partial charge in [0.05, 0.1) is 0 Å². The lowest BCUT2D eigenvalue weighted by atomic mass is 9.88. The van der Waals surface area contributed by atoms with Crippen LogP contribution >= 0.6 is 11.6 Å². The summed E-state index contributed by atoms with van der Waals surface area (Å²) in [6.45, 7) is 7.99. The first kappa shape index (κ1) is 10.7. The maximum Gasteiger partial charge on any atom is 0.147 e. The van der Waals surface area contributed by atoms with Gasteiger partial charge in [0.25, 0.3) is 0 Å². The summed E-state index contributed by atoms with van der Waals surface area (Å²) in [7, 11) is 0. The van der Waals surface area contributed by atoms with Crippen molar-refractivity contribution in [3.8, 4) is 0 Å². The smallest absolute Gasteiger partial charge is 0.147 e. The van der Waals surface area contributed by atoms with E-state index in [1.54, 1.807) is 6.92 Å². The van der Waals surface area contributed by atoms with Gasteiger partial charge in [-0.25, -0.2) is 0 Å². The van der Waals surface area contributed by atoms with E-state index in [0.29, 0.717) is 10.6 Å². The Morgan fingerprint density at radius 1 is 1.45 bits per heavy atom. The summed E-state index contributed by atoms with van der Waals surface area (Å²) in [5.41, 5.74) is 0.839. The van der Waals surface area contributed by atoms with Crippen molar-refractivity contribution in [2.75, 3.05) is 0 Å². The lowest BCUT2D eigenvalue weighted by Gasteiger charge is -2.17. The summed E-state index contributed by atoms with van der Waals surface area (Å²) >= 11 is 5.70. The number of allylic oxidation sites excluding steroid dienone is 2. The van der Waals surface area contributed by atoms with Crippen LogP contribution in [0.25, 0.3) is 0 Å². The van der Waals surface area contributed by atoms with Gasteiger partial charge in [-0.1, -0.05) is 32.4 Å². The molecular weight excluding hydrogens is 160 g/mol. The lowest BCUT2D eigenvalue weighted by molar-refractivity contribution is -0.105. The van der Waals surface area contributed by atoms with E-state index in [4.69, 9.17) is 11.6 Å². The number of carbonyl (C=O) groups excluding carboxylic acids is 1. The Hall–Kier alpha value is -0.300. The second kappa shape index (κ2) is 3.91. The van der Waals surface area contributed by atoms with Crippen LogP contribution in [0.1, 0.15) is 34.1 Å². The summed E-state index contributed by atoms with van der Waals surface area (Å²) in [5, 5.41) is 0.606. The average molecular weight is 175 g/mol. The second-order valence-electron chi connectivity index (χ2n) is 3.91. The zero-order valence-corrected chi connectivity index (χ0v) is 8.33. The van der Waals surface area contributed by atoms with Gasteiger partial charge in [-0.05, 0) is 18.8 Å². The SMILES string of the molecule is C/C(Cl)=C(\C=O)CC(C)(C)C. The summed E-state index contributed by atoms with van der Waals surface area (Å²) in [6, 6.07) is 0. The van der Waals surface area contributed by atoms with Crippen LogP contribution in [0.2, 0.25) is 0 Å². The van der Waals surface area contributed by atoms with Crippen molar-refractivity contribution in [1.82, 2.24) is 0 Å². The monoisotopic (exact) mass is 174 g/mol. The molecule has 0 aromatic carbocycles. The molecule has 0 aliphatic heterocycles. The molecule has 0 atom stereocenters. The third kappa shape index (κ3) is 5.02. The number of hydrogen-bond donors (Lipinski definition) is 0. The molecule has 0 rings (SSSR count). The van der Waals surface area contributed by atoms with Crippen LogP contribution in [-0.2, 0) is 4.79 Å². The quantitative estimate of drug-likeness (QED) is 0.465. The van der Waals surface area contributed by atoms with Crippen LogP contribution in [0, 0.1) is 5.41 Å². The van der Waals surface area contributed by atoms with Crippen LogP contribution in [0.4, 0.5) is 0 Å². The molecule has 0 unspecified atom stereocenters. The van der Waals surface area contributed by atoms with E-state index < -0.39 is 0 Å². The predicted octanol–water partition coefficient (Wildman–Crippen LogP) is 3.13. The van der Waals surface area contributed by atoms with Crippen molar-refractivity contribution in [2.45, 2.75) is 34.1 Å². The molecule has 0 aromatic heterocycles. The Morgan fingerprint density at radius 3 is 2.00 bits per heavy atom. The molecule has 64 valence electrons. The van der Waals surface area contributed by atoms with Crippen molar-refractivity contribution in [3.05, 3.63) is 10.6 Å². The maximum absolute atomic E-state index is 10.5. The van der Waals surface area contributed by atoms with Gasteiger partial charge in [0.15, 0.2) is 0 Å². The third-order valence-electron chi connectivity index (χ3n) is 1.31. The van der Waals surface area contributed by atoms with Crippen LogP contribution in [0.5, 0.6) is 0 Å². The second-order valence-corrected chi connectivity index (χ2v) is 4.48. The first-order chi connectivity index (χ1) is 4.87. The number of carbonyl (C=O) groups is 1. The largest absolute Gasteiger partial charge is 0.298 e. The Balaban J connectivity index is 4.35. The lowest BCUT2D eigenvalue weighted by Crippen LogP contribution is -2.07. The summed E-state index contributed by atoms with van der Waals surface area (Å²) < 4.78 is 0. The van der Waals surface area contributed by atoms with E-state index in [9.17, 15) is 4.79 Å². The molecule has 11 heavy (non-hydrogen) atoms. The molecule has 0 saturated heterocycles. The Bertz CT molecular complexity index is 170. The van der Waals surface area contributed by atoms with Crippen molar-refractivity contribution >= 4 is 17.9 Å². The Kier molecular flexibility index (Phi) is 3.81. The van der Waals surface area contributed by atoms with Crippen molar-refractivity contribution in [1.29, 1.82) is 0 Å². The fraction of sp³-hybridized carbons (Fsp3) is 0.667. The molecule has 0 aliphatic rings. The van der Waals surface area contributed by atoms with Gasteiger partial charge in [-0.3, -0.25) is 4.79 Å². The highest BCUT2D eigenvalue weighted by molar-refractivity contribution is 6.30. The fourth-order valence-corrected chi connectivity index (χ4v) is 0.927. The zero-order chi connectivity index (χ0) is 9.07. The van der Waals surface area contributed by atoms with Crippen molar-refractivity contribution in [2.24, 2.45) is 5.41 Å². The number of rotatable bonds is 2. The highest BCUT2D eigenvalue weighted by atomic mass is 35.5. The summed E-state index contributed by atoms with van der Waals surface area (Å²) in [6.07, 6.45) is 1.58. The van der Waals surface area contributed by atoms with E-state index in [1.165, 1.54) is 0 Å². The molecule has 0 aromatic rings. The van der Waals surface area contributed by atoms with E-state index in [1.807, 2.05) is 0 Å². The van der Waals surface area contributed by atoms with Gasteiger partial charge in [-0.2, -0.15) is 0 Å². The molecule has 0 heterocycles. The van der Waals surface area contributed by atoms with E-state index in [0.717, 1.165) is 12.7 Å². The van der Waals surface area contributed by atoms with E-state index in [-0.39, 0.29) is 5.41 Å². The average Bonchev–Trinajstić information content (AvgIpc) is 1.80. The summed E-state index contributed by atoms with van der Waals surface area (Å²) in [4.78, 5) is 10.5. The topological polar surface area (TPSA) is 17.1 Å². The van der Waals surface area contributed by atoms with E-state index in [2.05, 4.69) is 20.8 Å². The molecule has 0 bridgehead atoms. The molecule has 0 radical (unpaired) electrons. The van der Waals surface area contributed by atoms with Crippen LogP contribution in [0.15, 0.2) is 10.6 Å². The van der Waals surface area contributed by atoms with Gasteiger partial charge in [0.2, 0.25) is 0 Å².